The number of ketones is 1. The van der Waals surface area contributed by atoms with Crippen LogP contribution in [0.5, 0.6) is 11.5 Å². The zero-order valence-electron chi connectivity index (χ0n) is 14.7. The molecule has 5 nitrogen and oxygen atoms in total. The van der Waals surface area contributed by atoms with Crippen molar-refractivity contribution in [3.05, 3.63) is 76.0 Å². The Morgan fingerprint density at radius 2 is 2.11 bits per heavy atom. The summed E-state index contributed by atoms with van der Waals surface area (Å²) in [7, 11) is 0. The van der Waals surface area contributed by atoms with Gasteiger partial charge in [-0.25, -0.2) is 4.79 Å². The van der Waals surface area contributed by atoms with Crippen LogP contribution in [0.25, 0.3) is 6.08 Å². The summed E-state index contributed by atoms with van der Waals surface area (Å²) in [5.74, 6) is 0.458. The van der Waals surface area contributed by atoms with Gasteiger partial charge in [0.1, 0.15) is 18.1 Å². The van der Waals surface area contributed by atoms with Crippen LogP contribution in [-0.2, 0) is 9.53 Å². The molecule has 1 heterocycles. The number of Topliss-reactive ketones (excluding diaryl/α,β-unsaturated/α-hetero) is 1. The minimum atomic E-state index is -0.498. The molecule has 6 heteroatoms. The first-order chi connectivity index (χ1) is 13.0. The maximum atomic E-state index is 12.6. The van der Waals surface area contributed by atoms with E-state index in [0.717, 1.165) is 10.0 Å². The molecule has 3 rings (SSSR count). The van der Waals surface area contributed by atoms with Crippen molar-refractivity contribution in [3.8, 4) is 11.5 Å². The Hall–Kier alpha value is -2.86. The second kappa shape index (κ2) is 8.22. The Balaban J connectivity index is 1.79. The SMILES string of the molecule is C=CCOC(=O)COc1ccc2c(c1C)O/C(=C\c1cccc(Br)c1)C2=O. The summed E-state index contributed by atoms with van der Waals surface area (Å²) in [6.45, 7) is 5.15. The monoisotopic (exact) mass is 428 g/mol. The summed E-state index contributed by atoms with van der Waals surface area (Å²) in [5.41, 5.74) is 1.96. The molecule has 1 aliphatic heterocycles. The molecule has 0 bridgehead atoms. The Labute approximate surface area is 165 Å². The van der Waals surface area contributed by atoms with E-state index in [1.54, 1.807) is 25.1 Å². The van der Waals surface area contributed by atoms with E-state index in [2.05, 4.69) is 22.5 Å². The number of benzene rings is 2. The van der Waals surface area contributed by atoms with Crippen LogP contribution in [-0.4, -0.2) is 25.0 Å². The smallest absolute Gasteiger partial charge is 0.344 e. The molecule has 27 heavy (non-hydrogen) atoms. The van der Waals surface area contributed by atoms with E-state index in [1.165, 1.54) is 6.08 Å². The standard InChI is InChI=1S/C21H17BrO5/c1-3-9-25-19(23)12-26-17-8-7-16-20(24)18(27-21(16)13(17)2)11-14-5-4-6-15(22)10-14/h3-8,10-11H,1,9,12H2,2H3/b18-11-. The summed E-state index contributed by atoms with van der Waals surface area (Å²) >= 11 is 3.41. The third-order valence-electron chi connectivity index (χ3n) is 3.89. The predicted molar refractivity (Wildman–Crippen MR) is 105 cm³/mol. The van der Waals surface area contributed by atoms with Gasteiger partial charge < -0.3 is 14.2 Å². The van der Waals surface area contributed by atoms with Crippen LogP contribution in [0.15, 0.2) is 59.3 Å². The van der Waals surface area contributed by atoms with E-state index < -0.39 is 5.97 Å². The van der Waals surface area contributed by atoms with Crippen LogP contribution in [0.4, 0.5) is 0 Å². The summed E-state index contributed by atoms with van der Waals surface area (Å²) < 4.78 is 17.1. The minimum Gasteiger partial charge on any atom is -0.481 e. The highest BCUT2D eigenvalue weighted by molar-refractivity contribution is 9.10. The number of hydrogen-bond acceptors (Lipinski definition) is 5. The van der Waals surface area contributed by atoms with Crippen molar-refractivity contribution in [1.29, 1.82) is 0 Å². The van der Waals surface area contributed by atoms with Crippen molar-refractivity contribution in [3.63, 3.8) is 0 Å². The quantitative estimate of drug-likeness (QED) is 0.385. The summed E-state index contributed by atoms with van der Waals surface area (Å²) in [6.07, 6.45) is 3.18. The first-order valence-electron chi connectivity index (χ1n) is 8.22. The van der Waals surface area contributed by atoms with E-state index in [9.17, 15) is 9.59 Å². The maximum Gasteiger partial charge on any atom is 0.344 e. The number of ether oxygens (including phenoxy) is 3. The molecule has 0 radical (unpaired) electrons. The number of hydrogen-bond donors (Lipinski definition) is 0. The molecule has 0 atom stereocenters. The van der Waals surface area contributed by atoms with Gasteiger partial charge in [-0.3, -0.25) is 4.79 Å². The molecule has 0 aromatic heterocycles. The highest BCUT2D eigenvalue weighted by atomic mass is 79.9. The molecule has 2 aromatic rings. The molecule has 138 valence electrons. The first kappa shape index (κ1) is 18.9. The van der Waals surface area contributed by atoms with Crippen LogP contribution < -0.4 is 9.47 Å². The largest absolute Gasteiger partial charge is 0.481 e. The van der Waals surface area contributed by atoms with Gasteiger partial charge in [-0.05, 0) is 42.8 Å². The summed E-state index contributed by atoms with van der Waals surface area (Å²) in [5, 5.41) is 0. The fourth-order valence-corrected chi connectivity index (χ4v) is 3.02. The van der Waals surface area contributed by atoms with Crippen molar-refractivity contribution < 1.29 is 23.8 Å². The van der Waals surface area contributed by atoms with E-state index in [1.807, 2.05) is 24.3 Å². The van der Waals surface area contributed by atoms with E-state index >= 15 is 0 Å². The number of rotatable bonds is 6. The number of carbonyl (C=O) groups excluding carboxylic acids is 2. The average molecular weight is 429 g/mol. The molecule has 0 amide bonds. The first-order valence-corrected chi connectivity index (χ1v) is 9.01. The topological polar surface area (TPSA) is 61.8 Å². The third-order valence-corrected chi connectivity index (χ3v) is 4.38. The molecule has 0 N–H and O–H groups in total. The normalized spacial score (nSPS) is 13.9. The lowest BCUT2D eigenvalue weighted by atomic mass is 10.1. The van der Waals surface area contributed by atoms with Gasteiger partial charge in [0, 0.05) is 10.0 Å². The zero-order chi connectivity index (χ0) is 19.4. The van der Waals surface area contributed by atoms with Gasteiger partial charge in [0.15, 0.2) is 12.4 Å². The second-order valence-corrected chi connectivity index (χ2v) is 6.74. The molecule has 0 spiro atoms. The highest BCUT2D eigenvalue weighted by Gasteiger charge is 2.30. The van der Waals surface area contributed by atoms with Crippen LogP contribution in [0.1, 0.15) is 21.5 Å². The summed E-state index contributed by atoms with van der Waals surface area (Å²) in [4.78, 5) is 24.2. The molecular formula is C21H17BrO5. The van der Waals surface area contributed by atoms with Crippen molar-refractivity contribution in [2.45, 2.75) is 6.92 Å². The minimum absolute atomic E-state index is 0.132. The highest BCUT2D eigenvalue weighted by Crippen LogP contribution is 2.39. The van der Waals surface area contributed by atoms with Crippen LogP contribution in [0.2, 0.25) is 0 Å². The lowest BCUT2D eigenvalue weighted by Gasteiger charge is -2.10. The third kappa shape index (κ3) is 4.28. The molecule has 0 unspecified atom stereocenters. The molecule has 0 fully saturated rings. The van der Waals surface area contributed by atoms with Crippen molar-refractivity contribution in [2.75, 3.05) is 13.2 Å². The molecule has 0 saturated carbocycles. The Morgan fingerprint density at radius 3 is 2.85 bits per heavy atom. The fourth-order valence-electron chi connectivity index (χ4n) is 2.60. The van der Waals surface area contributed by atoms with E-state index in [0.29, 0.717) is 22.6 Å². The Kier molecular flexibility index (Phi) is 5.76. The van der Waals surface area contributed by atoms with Gasteiger partial charge in [0.25, 0.3) is 0 Å². The molecule has 1 aliphatic rings. The number of allylic oxidation sites excluding steroid dienone is 1. The fraction of sp³-hybridized carbons (Fsp3) is 0.143. The van der Waals surface area contributed by atoms with Gasteiger partial charge >= 0.3 is 5.97 Å². The van der Waals surface area contributed by atoms with E-state index in [4.69, 9.17) is 14.2 Å². The van der Waals surface area contributed by atoms with Crippen molar-refractivity contribution >= 4 is 33.8 Å². The van der Waals surface area contributed by atoms with Crippen LogP contribution >= 0.6 is 15.9 Å². The van der Waals surface area contributed by atoms with Crippen molar-refractivity contribution in [1.82, 2.24) is 0 Å². The molecule has 0 saturated heterocycles. The second-order valence-electron chi connectivity index (χ2n) is 5.82. The summed E-state index contributed by atoms with van der Waals surface area (Å²) in [6, 6.07) is 10.8. The lowest BCUT2D eigenvalue weighted by molar-refractivity contribution is -0.144. The molecular weight excluding hydrogens is 412 g/mol. The number of esters is 1. The van der Waals surface area contributed by atoms with E-state index in [-0.39, 0.29) is 24.8 Å². The number of halogens is 1. The number of carbonyl (C=O) groups is 2. The van der Waals surface area contributed by atoms with Crippen LogP contribution in [0, 0.1) is 6.92 Å². The van der Waals surface area contributed by atoms with Gasteiger partial charge in [-0.1, -0.05) is 40.7 Å². The Bertz CT molecular complexity index is 946. The average Bonchev–Trinajstić information content (AvgIpc) is 2.96. The number of fused-ring (bicyclic) bond motifs is 1. The lowest BCUT2D eigenvalue weighted by Crippen LogP contribution is -2.15. The van der Waals surface area contributed by atoms with Crippen molar-refractivity contribution in [2.24, 2.45) is 0 Å². The Morgan fingerprint density at radius 1 is 1.30 bits per heavy atom. The maximum absolute atomic E-state index is 12.6. The van der Waals surface area contributed by atoms with Gasteiger partial charge in [-0.15, -0.1) is 0 Å². The van der Waals surface area contributed by atoms with Gasteiger partial charge in [0.2, 0.25) is 5.78 Å². The molecule has 0 aliphatic carbocycles. The molecule has 2 aromatic carbocycles. The zero-order valence-corrected chi connectivity index (χ0v) is 16.2. The van der Waals surface area contributed by atoms with Gasteiger partial charge in [-0.2, -0.15) is 0 Å². The van der Waals surface area contributed by atoms with Crippen LogP contribution in [0.3, 0.4) is 0 Å². The van der Waals surface area contributed by atoms with Gasteiger partial charge in [0.05, 0.1) is 5.56 Å². The predicted octanol–water partition coefficient (Wildman–Crippen LogP) is 4.48.